The second kappa shape index (κ2) is 9.02. The number of nitrogens with zero attached hydrogens (tertiary/aromatic N) is 3. The highest BCUT2D eigenvalue weighted by molar-refractivity contribution is 6.31. The zero-order valence-electron chi connectivity index (χ0n) is 19.0. The van der Waals surface area contributed by atoms with Crippen LogP contribution in [0.15, 0.2) is 66.9 Å². The van der Waals surface area contributed by atoms with E-state index < -0.39 is 11.4 Å². The molecule has 0 fully saturated rings. The molecule has 0 spiro atoms. The molecule has 4 rings (SSSR count). The van der Waals surface area contributed by atoms with Gasteiger partial charge in [-0.2, -0.15) is 0 Å². The molecule has 1 atom stereocenters. The van der Waals surface area contributed by atoms with Gasteiger partial charge in [-0.15, -0.1) is 0 Å². The van der Waals surface area contributed by atoms with Crippen molar-refractivity contribution in [2.45, 2.75) is 38.9 Å². The molecule has 1 unspecified atom stereocenters. The van der Waals surface area contributed by atoms with Crippen molar-refractivity contribution in [1.29, 1.82) is 0 Å². The summed E-state index contributed by atoms with van der Waals surface area (Å²) in [4.78, 5) is 30.3. The Hall–Kier alpha value is -3.12. The van der Waals surface area contributed by atoms with Gasteiger partial charge in [0.05, 0.1) is 6.04 Å². The zero-order valence-corrected chi connectivity index (χ0v) is 19.7. The summed E-state index contributed by atoms with van der Waals surface area (Å²) in [6.07, 6.45) is 2.00. The fraction of sp³-hybridized carbons (Fsp3) is 0.308. The van der Waals surface area contributed by atoms with Gasteiger partial charge in [-0.05, 0) is 62.7 Å². The van der Waals surface area contributed by atoms with Crippen molar-refractivity contribution in [1.82, 2.24) is 14.4 Å². The lowest BCUT2D eigenvalue weighted by Gasteiger charge is -2.41. The molecule has 0 saturated heterocycles. The van der Waals surface area contributed by atoms with E-state index in [1.807, 2.05) is 63.4 Å². The van der Waals surface area contributed by atoms with Gasteiger partial charge in [0.25, 0.3) is 5.91 Å². The molecule has 0 bridgehead atoms. The molecule has 33 heavy (non-hydrogen) atoms. The maximum atomic E-state index is 13.8. The first-order chi connectivity index (χ1) is 15.7. The smallest absolute Gasteiger partial charge is 0.254 e. The van der Waals surface area contributed by atoms with Gasteiger partial charge >= 0.3 is 0 Å². The summed E-state index contributed by atoms with van der Waals surface area (Å²) in [5.41, 5.74) is 1.38. The molecule has 1 aromatic heterocycles. The zero-order chi connectivity index (χ0) is 23.8. The van der Waals surface area contributed by atoms with Crippen molar-refractivity contribution < 1.29 is 14.0 Å². The topological polar surface area (TPSA) is 45.6 Å². The summed E-state index contributed by atoms with van der Waals surface area (Å²) in [6, 6.07) is 16.7. The van der Waals surface area contributed by atoms with Crippen molar-refractivity contribution in [2.75, 3.05) is 13.1 Å². The summed E-state index contributed by atoms with van der Waals surface area (Å²) in [5, 5.41) is 0.582. The van der Waals surface area contributed by atoms with E-state index in [1.165, 1.54) is 23.1 Å². The van der Waals surface area contributed by atoms with Gasteiger partial charge in [0.2, 0.25) is 5.91 Å². The van der Waals surface area contributed by atoms with Crippen LogP contribution in [0, 0.1) is 5.82 Å². The van der Waals surface area contributed by atoms with E-state index in [0.717, 1.165) is 11.3 Å². The first kappa shape index (κ1) is 23.1. The number of benzene rings is 2. The number of aromatic nitrogens is 1. The van der Waals surface area contributed by atoms with Gasteiger partial charge in [0, 0.05) is 41.1 Å². The lowest BCUT2D eigenvalue weighted by molar-refractivity contribution is -0.135. The van der Waals surface area contributed by atoms with Gasteiger partial charge in [0.15, 0.2) is 0 Å². The van der Waals surface area contributed by atoms with Crippen molar-refractivity contribution >= 4 is 23.4 Å². The Kier molecular flexibility index (Phi) is 6.30. The number of hydrogen-bond acceptors (Lipinski definition) is 2. The standard InChI is InChI=1S/C26H27ClFN3O2/c1-26(2,3)31(25(33)18-8-6-9-19(28)16-18)17-23(32)30-15-14-29-13-7-12-22(29)24(30)20-10-4-5-11-21(20)27/h4-13,16,24H,14-15,17H2,1-3H3. The average molecular weight is 468 g/mol. The first-order valence-electron chi connectivity index (χ1n) is 10.9. The summed E-state index contributed by atoms with van der Waals surface area (Å²) in [6.45, 7) is 6.62. The number of carbonyl (C=O) groups excluding carboxylic acids is 2. The molecule has 2 amide bonds. The molecule has 5 nitrogen and oxygen atoms in total. The highest BCUT2D eigenvalue weighted by atomic mass is 35.5. The van der Waals surface area contributed by atoms with Gasteiger partial charge in [-0.25, -0.2) is 4.39 Å². The lowest BCUT2D eigenvalue weighted by atomic mass is 9.99. The van der Waals surface area contributed by atoms with Crippen molar-refractivity contribution in [2.24, 2.45) is 0 Å². The predicted molar refractivity (Wildman–Crippen MR) is 127 cm³/mol. The number of carbonyl (C=O) groups is 2. The summed E-state index contributed by atoms with van der Waals surface area (Å²) >= 11 is 6.54. The summed E-state index contributed by atoms with van der Waals surface area (Å²) < 4.78 is 15.9. The Labute approximate surface area is 198 Å². The molecule has 2 aromatic carbocycles. The van der Waals surface area contributed by atoms with E-state index in [9.17, 15) is 14.0 Å². The molecule has 1 aliphatic rings. The third-order valence-corrected chi connectivity index (χ3v) is 6.32. The van der Waals surface area contributed by atoms with E-state index in [2.05, 4.69) is 4.57 Å². The third kappa shape index (κ3) is 4.67. The molecule has 7 heteroatoms. The van der Waals surface area contributed by atoms with E-state index >= 15 is 0 Å². The maximum Gasteiger partial charge on any atom is 0.254 e. The van der Waals surface area contributed by atoms with Crippen LogP contribution in [0.1, 0.15) is 48.4 Å². The number of fused-ring (bicyclic) bond motifs is 1. The van der Waals surface area contributed by atoms with Gasteiger partial charge in [-0.3, -0.25) is 9.59 Å². The number of amides is 2. The second-order valence-electron chi connectivity index (χ2n) is 9.21. The first-order valence-corrected chi connectivity index (χ1v) is 11.3. The van der Waals surface area contributed by atoms with Crippen molar-refractivity contribution in [3.05, 3.63) is 94.5 Å². The van der Waals surface area contributed by atoms with Crippen LogP contribution < -0.4 is 0 Å². The minimum atomic E-state index is -0.644. The quantitative estimate of drug-likeness (QED) is 0.532. The van der Waals surface area contributed by atoms with E-state index in [4.69, 9.17) is 11.6 Å². The number of rotatable bonds is 4. The molecule has 0 radical (unpaired) electrons. The lowest BCUT2D eigenvalue weighted by Crippen LogP contribution is -2.53. The van der Waals surface area contributed by atoms with Crippen LogP contribution in [0.3, 0.4) is 0 Å². The highest BCUT2D eigenvalue weighted by Crippen LogP contribution is 2.36. The van der Waals surface area contributed by atoms with Gasteiger partial charge in [-0.1, -0.05) is 35.9 Å². The highest BCUT2D eigenvalue weighted by Gasteiger charge is 2.36. The van der Waals surface area contributed by atoms with Crippen molar-refractivity contribution in [3.63, 3.8) is 0 Å². The summed E-state index contributed by atoms with van der Waals surface area (Å²) in [7, 11) is 0. The minimum Gasteiger partial charge on any atom is -0.348 e. The third-order valence-electron chi connectivity index (χ3n) is 5.98. The van der Waals surface area contributed by atoms with E-state index in [1.54, 1.807) is 11.0 Å². The second-order valence-corrected chi connectivity index (χ2v) is 9.62. The van der Waals surface area contributed by atoms with Crippen LogP contribution in [0.2, 0.25) is 5.02 Å². The van der Waals surface area contributed by atoms with E-state index in [0.29, 0.717) is 18.1 Å². The Morgan fingerprint density at radius 3 is 2.52 bits per heavy atom. The minimum absolute atomic E-state index is 0.124. The summed E-state index contributed by atoms with van der Waals surface area (Å²) in [5.74, 6) is -1.06. The number of halogens is 2. The van der Waals surface area contributed by atoms with E-state index in [-0.39, 0.29) is 30.0 Å². The van der Waals surface area contributed by atoms with Crippen LogP contribution in [0.25, 0.3) is 0 Å². The van der Waals surface area contributed by atoms with Crippen LogP contribution in [0.5, 0.6) is 0 Å². The Morgan fingerprint density at radius 2 is 1.82 bits per heavy atom. The molecular formula is C26H27ClFN3O2. The molecular weight excluding hydrogens is 441 g/mol. The molecule has 3 aromatic rings. The molecule has 0 saturated carbocycles. The van der Waals surface area contributed by atoms with Crippen LogP contribution in [0.4, 0.5) is 4.39 Å². The fourth-order valence-electron chi connectivity index (χ4n) is 4.29. The van der Waals surface area contributed by atoms with Crippen LogP contribution in [-0.4, -0.2) is 44.8 Å². The SMILES string of the molecule is CC(C)(C)N(CC(=O)N1CCn2cccc2C1c1ccccc1Cl)C(=O)c1cccc(F)c1. The molecule has 0 N–H and O–H groups in total. The molecule has 2 heterocycles. The van der Waals surface area contributed by atoms with Crippen LogP contribution in [-0.2, 0) is 11.3 Å². The Balaban J connectivity index is 1.67. The fourth-order valence-corrected chi connectivity index (χ4v) is 4.53. The predicted octanol–water partition coefficient (Wildman–Crippen LogP) is 5.15. The van der Waals surface area contributed by atoms with Crippen LogP contribution >= 0.6 is 11.6 Å². The Morgan fingerprint density at radius 1 is 1.06 bits per heavy atom. The average Bonchev–Trinajstić information content (AvgIpc) is 3.25. The van der Waals surface area contributed by atoms with Crippen molar-refractivity contribution in [3.8, 4) is 0 Å². The maximum absolute atomic E-state index is 13.8. The van der Waals surface area contributed by atoms with Gasteiger partial charge in [0.1, 0.15) is 12.4 Å². The monoisotopic (exact) mass is 467 g/mol. The largest absolute Gasteiger partial charge is 0.348 e. The normalized spacial score (nSPS) is 15.8. The Bertz CT molecular complexity index is 1180. The van der Waals surface area contributed by atoms with Gasteiger partial charge < -0.3 is 14.4 Å². The molecule has 1 aliphatic heterocycles. The molecule has 172 valence electrons. The number of hydrogen-bond donors (Lipinski definition) is 0. The molecule has 0 aliphatic carbocycles.